The number of nitrogens with zero attached hydrogens (tertiary/aromatic N) is 2. The van der Waals surface area contributed by atoms with E-state index in [9.17, 15) is 4.79 Å². The molecule has 88 valence electrons. The van der Waals surface area contributed by atoms with Gasteiger partial charge in [-0.1, -0.05) is 6.92 Å². The summed E-state index contributed by atoms with van der Waals surface area (Å²) < 4.78 is 0. The molecule has 1 aromatic rings. The molecule has 1 aromatic heterocycles. The van der Waals surface area contributed by atoms with E-state index in [0.717, 1.165) is 11.4 Å². The Bertz CT molecular complexity index is 358. The van der Waals surface area contributed by atoms with Crippen LogP contribution in [0.3, 0.4) is 0 Å². The van der Waals surface area contributed by atoms with Crippen molar-refractivity contribution in [3.05, 3.63) is 17.5 Å². The van der Waals surface area contributed by atoms with Crippen molar-refractivity contribution in [3.8, 4) is 0 Å². The van der Waals surface area contributed by atoms with Gasteiger partial charge in [0.05, 0.1) is 0 Å². The molecule has 0 fully saturated rings. The third kappa shape index (κ3) is 3.94. The third-order valence-corrected chi connectivity index (χ3v) is 2.17. The number of nitrogens with two attached hydrogens (primary N) is 1. The van der Waals surface area contributed by atoms with Crippen molar-refractivity contribution in [3.63, 3.8) is 0 Å². The minimum Gasteiger partial charge on any atom is -0.330 e. The Hall–Kier alpha value is -1.49. The summed E-state index contributed by atoms with van der Waals surface area (Å²) >= 11 is 0. The summed E-state index contributed by atoms with van der Waals surface area (Å²) in [6.07, 6.45) is 0.396. The van der Waals surface area contributed by atoms with Crippen molar-refractivity contribution in [2.24, 2.45) is 11.7 Å². The van der Waals surface area contributed by atoms with Crippen molar-refractivity contribution >= 4 is 11.9 Å². The number of hydrogen-bond donors (Lipinski definition) is 2. The quantitative estimate of drug-likeness (QED) is 0.796. The molecule has 1 rings (SSSR count). The summed E-state index contributed by atoms with van der Waals surface area (Å²) in [5.74, 6) is 0.445. The molecular weight excluding hydrogens is 204 g/mol. The smallest absolute Gasteiger partial charge is 0.229 e. The van der Waals surface area contributed by atoms with Crippen LogP contribution >= 0.6 is 0 Å². The van der Waals surface area contributed by atoms with Gasteiger partial charge in [0.1, 0.15) is 0 Å². The minimum absolute atomic E-state index is 0.0945. The lowest BCUT2D eigenvalue weighted by molar-refractivity contribution is -0.116. The normalized spacial score (nSPS) is 12.2. The number of aromatic nitrogens is 2. The molecule has 1 atom stereocenters. The topological polar surface area (TPSA) is 80.9 Å². The van der Waals surface area contributed by atoms with Gasteiger partial charge < -0.3 is 5.73 Å². The molecular formula is C11H18N4O. The molecule has 0 saturated heterocycles. The Morgan fingerprint density at radius 2 is 2.00 bits per heavy atom. The predicted molar refractivity (Wildman–Crippen MR) is 63.0 cm³/mol. The van der Waals surface area contributed by atoms with Crippen LogP contribution in [0.4, 0.5) is 5.95 Å². The van der Waals surface area contributed by atoms with Gasteiger partial charge in [-0.15, -0.1) is 0 Å². The van der Waals surface area contributed by atoms with Gasteiger partial charge in [-0.2, -0.15) is 0 Å². The fraction of sp³-hybridized carbons (Fsp3) is 0.545. The summed E-state index contributed by atoms with van der Waals surface area (Å²) in [4.78, 5) is 19.8. The first-order valence-electron chi connectivity index (χ1n) is 5.33. The van der Waals surface area contributed by atoms with Crippen LogP contribution in [0.25, 0.3) is 0 Å². The number of aryl methyl sites for hydroxylation is 2. The number of anilines is 1. The fourth-order valence-electron chi connectivity index (χ4n) is 1.36. The van der Waals surface area contributed by atoms with Crippen LogP contribution in [0.15, 0.2) is 6.07 Å². The van der Waals surface area contributed by atoms with E-state index in [0.29, 0.717) is 18.9 Å². The van der Waals surface area contributed by atoms with Gasteiger partial charge in [-0.25, -0.2) is 9.97 Å². The summed E-state index contributed by atoms with van der Waals surface area (Å²) in [6, 6.07) is 1.86. The largest absolute Gasteiger partial charge is 0.330 e. The van der Waals surface area contributed by atoms with Crippen molar-refractivity contribution in [1.29, 1.82) is 0 Å². The van der Waals surface area contributed by atoms with Gasteiger partial charge in [-0.3, -0.25) is 10.1 Å². The van der Waals surface area contributed by atoms with Crippen LogP contribution in [-0.2, 0) is 4.79 Å². The van der Waals surface area contributed by atoms with Gasteiger partial charge in [0.15, 0.2) is 0 Å². The molecule has 5 nitrogen and oxygen atoms in total. The zero-order valence-corrected chi connectivity index (χ0v) is 9.95. The summed E-state index contributed by atoms with van der Waals surface area (Å²) in [6.45, 7) is 6.17. The zero-order chi connectivity index (χ0) is 12.1. The second-order valence-electron chi connectivity index (χ2n) is 4.07. The molecule has 1 heterocycles. The van der Waals surface area contributed by atoms with Crippen molar-refractivity contribution < 1.29 is 4.79 Å². The van der Waals surface area contributed by atoms with Crippen LogP contribution in [0.5, 0.6) is 0 Å². The molecule has 0 aliphatic carbocycles. The van der Waals surface area contributed by atoms with E-state index in [4.69, 9.17) is 5.73 Å². The van der Waals surface area contributed by atoms with Gasteiger partial charge in [0.2, 0.25) is 11.9 Å². The Morgan fingerprint density at radius 3 is 2.50 bits per heavy atom. The van der Waals surface area contributed by atoms with E-state index in [1.54, 1.807) is 0 Å². The molecule has 1 unspecified atom stereocenters. The van der Waals surface area contributed by atoms with Crippen LogP contribution in [0.2, 0.25) is 0 Å². The highest BCUT2D eigenvalue weighted by Crippen LogP contribution is 2.06. The summed E-state index contributed by atoms with van der Waals surface area (Å²) in [5.41, 5.74) is 7.14. The maximum Gasteiger partial charge on any atom is 0.229 e. The second kappa shape index (κ2) is 5.55. The van der Waals surface area contributed by atoms with Crippen LogP contribution < -0.4 is 11.1 Å². The van der Waals surface area contributed by atoms with Crippen LogP contribution in [-0.4, -0.2) is 22.4 Å². The summed E-state index contributed by atoms with van der Waals surface area (Å²) in [7, 11) is 0. The lowest BCUT2D eigenvalue weighted by Gasteiger charge is -2.08. The molecule has 0 bridgehead atoms. The number of nitrogens with one attached hydrogen (secondary N) is 1. The number of hydrogen-bond acceptors (Lipinski definition) is 4. The number of carbonyl (C=O) groups excluding carboxylic acids is 1. The number of rotatable bonds is 4. The Morgan fingerprint density at radius 1 is 1.44 bits per heavy atom. The molecule has 0 aliphatic rings. The minimum atomic E-state index is -0.0945. The van der Waals surface area contributed by atoms with E-state index < -0.39 is 0 Å². The van der Waals surface area contributed by atoms with Crippen LogP contribution in [0.1, 0.15) is 24.7 Å². The molecule has 5 heteroatoms. The second-order valence-corrected chi connectivity index (χ2v) is 4.07. The van der Waals surface area contributed by atoms with Gasteiger partial charge in [0, 0.05) is 17.8 Å². The van der Waals surface area contributed by atoms with E-state index in [1.807, 2.05) is 26.8 Å². The highest BCUT2D eigenvalue weighted by Gasteiger charge is 2.09. The lowest BCUT2D eigenvalue weighted by Crippen LogP contribution is -2.21. The Balaban J connectivity index is 2.62. The van der Waals surface area contributed by atoms with Crippen molar-refractivity contribution in [2.45, 2.75) is 27.2 Å². The van der Waals surface area contributed by atoms with Gasteiger partial charge in [0.25, 0.3) is 0 Å². The summed E-state index contributed by atoms with van der Waals surface area (Å²) in [5, 5.41) is 2.67. The van der Waals surface area contributed by atoms with Crippen molar-refractivity contribution in [1.82, 2.24) is 9.97 Å². The molecule has 3 N–H and O–H groups in total. The molecule has 0 aromatic carbocycles. The third-order valence-electron chi connectivity index (χ3n) is 2.17. The first-order valence-corrected chi connectivity index (χ1v) is 5.33. The molecule has 0 saturated carbocycles. The Labute approximate surface area is 95.5 Å². The molecule has 0 aliphatic heterocycles. The maximum atomic E-state index is 11.6. The van der Waals surface area contributed by atoms with E-state index >= 15 is 0 Å². The van der Waals surface area contributed by atoms with E-state index in [-0.39, 0.29) is 11.8 Å². The van der Waals surface area contributed by atoms with Crippen LogP contribution in [0, 0.1) is 19.8 Å². The fourth-order valence-corrected chi connectivity index (χ4v) is 1.36. The first-order chi connectivity index (χ1) is 7.51. The standard InChI is InChI=1S/C11H18N4O/c1-7(6-12)4-10(16)15-11-13-8(2)5-9(3)14-11/h5,7H,4,6,12H2,1-3H3,(H,13,14,15,16). The van der Waals surface area contributed by atoms with Crippen molar-refractivity contribution in [2.75, 3.05) is 11.9 Å². The van der Waals surface area contributed by atoms with Gasteiger partial charge >= 0.3 is 0 Å². The predicted octanol–water partition coefficient (Wildman–Crippen LogP) is 1.02. The molecule has 0 spiro atoms. The maximum absolute atomic E-state index is 11.6. The number of carbonyl (C=O) groups is 1. The average Bonchev–Trinajstić information content (AvgIpc) is 2.15. The SMILES string of the molecule is Cc1cc(C)nc(NC(=O)CC(C)CN)n1. The van der Waals surface area contributed by atoms with E-state index in [2.05, 4.69) is 15.3 Å². The average molecular weight is 222 g/mol. The highest BCUT2D eigenvalue weighted by atomic mass is 16.1. The molecule has 0 radical (unpaired) electrons. The van der Waals surface area contributed by atoms with E-state index in [1.165, 1.54) is 0 Å². The number of amides is 1. The molecule has 1 amide bonds. The zero-order valence-electron chi connectivity index (χ0n) is 9.95. The Kier molecular flexibility index (Phi) is 4.37. The monoisotopic (exact) mass is 222 g/mol. The van der Waals surface area contributed by atoms with Gasteiger partial charge in [-0.05, 0) is 32.4 Å². The first kappa shape index (κ1) is 12.6. The molecule has 16 heavy (non-hydrogen) atoms. The highest BCUT2D eigenvalue weighted by molar-refractivity contribution is 5.89. The lowest BCUT2D eigenvalue weighted by atomic mass is 10.1.